The summed E-state index contributed by atoms with van der Waals surface area (Å²) in [7, 11) is 0. The van der Waals surface area contributed by atoms with E-state index in [1.54, 1.807) is 0 Å². The van der Waals surface area contributed by atoms with Gasteiger partial charge in [-0.3, -0.25) is 40.5 Å². The van der Waals surface area contributed by atoms with Gasteiger partial charge in [-0.05, 0) is 6.92 Å². The molecule has 0 aromatic heterocycles. The van der Waals surface area contributed by atoms with Gasteiger partial charge in [-0.2, -0.15) is 0 Å². The van der Waals surface area contributed by atoms with Crippen LogP contribution in [0.15, 0.2) is 30.3 Å². The van der Waals surface area contributed by atoms with Gasteiger partial charge in [0.25, 0.3) is 22.7 Å². The number of hydrogen-bond donors (Lipinski definition) is 0. The zero-order valence-electron chi connectivity index (χ0n) is 13.8. The lowest BCUT2D eigenvalue weighted by molar-refractivity contribution is -0.395. The number of nitrogens with zero attached hydrogens (tertiary/aromatic N) is 4. The first-order valence-corrected chi connectivity index (χ1v) is 7.10. The van der Waals surface area contributed by atoms with Gasteiger partial charge in [0.1, 0.15) is 11.3 Å². The third kappa shape index (κ3) is 4.01. The first-order valence-electron chi connectivity index (χ1n) is 7.10. The lowest BCUT2D eigenvalue weighted by Crippen LogP contribution is -2.10. The van der Waals surface area contributed by atoms with Crippen molar-refractivity contribution in [3.8, 4) is 5.75 Å². The van der Waals surface area contributed by atoms with E-state index in [2.05, 4.69) is 0 Å². The van der Waals surface area contributed by atoms with Gasteiger partial charge in [0.2, 0.25) is 0 Å². The van der Waals surface area contributed by atoms with E-state index in [1.165, 1.54) is 0 Å². The zero-order chi connectivity index (χ0) is 21.2. The Morgan fingerprint density at radius 2 is 1.18 bits per heavy atom. The molecular weight excluding hydrogens is 384 g/mol. The number of nitro benzene ring substituents is 4. The summed E-state index contributed by atoms with van der Waals surface area (Å²) in [6, 6.07) is 3.54. The first-order chi connectivity index (χ1) is 13.0. The molecule has 0 aliphatic heterocycles. The molecule has 0 unspecified atom stereocenters. The van der Waals surface area contributed by atoms with E-state index in [-0.39, 0.29) is 5.56 Å². The minimum Gasteiger partial charge on any atom is -0.422 e. The highest BCUT2D eigenvalue weighted by atomic mass is 16.6. The Balaban J connectivity index is 2.50. The van der Waals surface area contributed by atoms with Crippen molar-refractivity contribution in [3.05, 3.63) is 81.9 Å². The molecule has 2 aromatic carbocycles. The topological polar surface area (TPSA) is 199 Å². The molecule has 14 heteroatoms. The van der Waals surface area contributed by atoms with Crippen LogP contribution in [-0.4, -0.2) is 25.7 Å². The molecule has 0 fully saturated rings. The summed E-state index contributed by atoms with van der Waals surface area (Å²) in [5.74, 6) is -1.91. The van der Waals surface area contributed by atoms with E-state index < -0.39 is 59.7 Å². The summed E-state index contributed by atoms with van der Waals surface area (Å²) < 4.78 is 4.81. The molecule has 0 spiro atoms. The van der Waals surface area contributed by atoms with Gasteiger partial charge < -0.3 is 4.74 Å². The fourth-order valence-corrected chi connectivity index (χ4v) is 2.19. The molecular formula is C14H8N4O10. The van der Waals surface area contributed by atoms with E-state index >= 15 is 0 Å². The van der Waals surface area contributed by atoms with Crippen LogP contribution < -0.4 is 4.74 Å². The lowest BCUT2D eigenvalue weighted by Gasteiger charge is -2.06. The van der Waals surface area contributed by atoms with Gasteiger partial charge in [0.15, 0.2) is 0 Å². The number of carbonyl (C=O) groups excluding carboxylic acids is 1. The van der Waals surface area contributed by atoms with Gasteiger partial charge in [0, 0.05) is 12.1 Å². The molecule has 0 radical (unpaired) electrons. The van der Waals surface area contributed by atoms with Crippen molar-refractivity contribution in [2.24, 2.45) is 0 Å². The van der Waals surface area contributed by atoms with Crippen LogP contribution in [0.5, 0.6) is 5.75 Å². The van der Waals surface area contributed by atoms with Crippen LogP contribution in [-0.2, 0) is 0 Å². The Bertz CT molecular complexity index is 981. The van der Waals surface area contributed by atoms with E-state index in [0.29, 0.717) is 18.2 Å². The van der Waals surface area contributed by atoms with Crippen LogP contribution >= 0.6 is 0 Å². The number of benzene rings is 2. The molecule has 0 heterocycles. The van der Waals surface area contributed by atoms with Gasteiger partial charge in [0.05, 0.1) is 43.5 Å². The normalized spacial score (nSPS) is 10.2. The number of carbonyl (C=O) groups is 1. The second kappa shape index (κ2) is 7.40. The summed E-state index contributed by atoms with van der Waals surface area (Å²) in [6.07, 6.45) is 0. The van der Waals surface area contributed by atoms with Crippen molar-refractivity contribution in [2.45, 2.75) is 6.92 Å². The molecule has 28 heavy (non-hydrogen) atoms. The smallest absolute Gasteiger partial charge is 0.344 e. The average Bonchev–Trinajstić information content (AvgIpc) is 2.61. The highest BCUT2D eigenvalue weighted by Crippen LogP contribution is 2.33. The zero-order valence-corrected chi connectivity index (χ0v) is 13.8. The monoisotopic (exact) mass is 392 g/mol. The summed E-state index contributed by atoms with van der Waals surface area (Å²) in [5.41, 5.74) is -3.78. The van der Waals surface area contributed by atoms with Crippen LogP contribution in [0.25, 0.3) is 0 Å². The molecule has 0 saturated heterocycles. The van der Waals surface area contributed by atoms with Crippen LogP contribution in [0.1, 0.15) is 15.9 Å². The number of ether oxygens (including phenoxy) is 1. The van der Waals surface area contributed by atoms with Crippen LogP contribution in [0.2, 0.25) is 0 Å². The summed E-state index contributed by atoms with van der Waals surface area (Å²) >= 11 is 0. The minimum absolute atomic E-state index is 0.277. The van der Waals surface area contributed by atoms with Gasteiger partial charge in [-0.15, -0.1) is 0 Å². The fraction of sp³-hybridized carbons (Fsp3) is 0.0714. The van der Waals surface area contributed by atoms with Crippen LogP contribution in [0.3, 0.4) is 0 Å². The van der Waals surface area contributed by atoms with E-state index in [1.807, 2.05) is 0 Å². The van der Waals surface area contributed by atoms with Crippen molar-refractivity contribution < 1.29 is 29.2 Å². The largest absolute Gasteiger partial charge is 0.422 e. The quantitative estimate of drug-likeness (QED) is 0.304. The molecule has 0 aliphatic rings. The Hall–Kier alpha value is -4.49. The predicted molar refractivity (Wildman–Crippen MR) is 89.2 cm³/mol. The summed E-state index contributed by atoms with van der Waals surface area (Å²) in [5, 5.41) is 43.8. The number of rotatable bonds is 6. The van der Waals surface area contributed by atoms with Crippen molar-refractivity contribution in [3.63, 3.8) is 0 Å². The number of nitro groups is 4. The molecule has 0 bridgehead atoms. The van der Waals surface area contributed by atoms with Crippen molar-refractivity contribution >= 4 is 28.7 Å². The summed E-state index contributed by atoms with van der Waals surface area (Å²) in [6.45, 7) is 1.13. The highest BCUT2D eigenvalue weighted by molar-refractivity contribution is 5.92. The minimum atomic E-state index is -1.33. The third-order valence-electron chi connectivity index (χ3n) is 3.49. The molecule has 144 valence electrons. The van der Waals surface area contributed by atoms with Crippen molar-refractivity contribution in [2.75, 3.05) is 0 Å². The van der Waals surface area contributed by atoms with Crippen molar-refractivity contribution in [1.82, 2.24) is 0 Å². The molecule has 0 N–H and O–H groups in total. The molecule has 0 aliphatic carbocycles. The molecule has 0 atom stereocenters. The van der Waals surface area contributed by atoms with E-state index in [9.17, 15) is 45.3 Å². The maximum Gasteiger partial charge on any atom is 0.344 e. The van der Waals surface area contributed by atoms with Gasteiger partial charge in [-0.1, -0.05) is 0 Å². The molecule has 0 amide bonds. The number of hydrogen-bond acceptors (Lipinski definition) is 10. The van der Waals surface area contributed by atoms with Gasteiger partial charge >= 0.3 is 5.97 Å². The van der Waals surface area contributed by atoms with Crippen LogP contribution in [0.4, 0.5) is 22.7 Å². The molecule has 2 rings (SSSR count). The van der Waals surface area contributed by atoms with Crippen LogP contribution in [0, 0.1) is 47.4 Å². The Morgan fingerprint density at radius 3 is 1.54 bits per heavy atom. The second-order valence-electron chi connectivity index (χ2n) is 5.24. The Morgan fingerprint density at radius 1 is 0.750 bits per heavy atom. The molecule has 14 nitrogen and oxygen atoms in total. The molecule has 2 aromatic rings. The first kappa shape index (κ1) is 19.8. The maximum atomic E-state index is 12.2. The standard InChI is InChI=1S/C14H8N4O10/c1-7-12(17(24)25)5-11(6-13(7)18(26)27)28-14(19)8-2-9(15(20)21)4-10(3-8)16(22)23/h2-6H,1H3. The van der Waals surface area contributed by atoms with E-state index in [0.717, 1.165) is 19.1 Å². The summed E-state index contributed by atoms with van der Waals surface area (Å²) in [4.78, 5) is 52.2. The molecule has 0 saturated carbocycles. The van der Waals surface area contributed by atoms with Crippen molar-refractivity contribution in [1.29, 1.82) is 0 Å². The SMILES string of the molecule is Cc1c([N+](=O)[O-])cc(OC(=O)c2cc([N+](=O)[O-])cc([N+](=O)[O-])c2)cc1[N+](=O)[O-]. The van der Waals surface area contributed by atoms with E-state index in [4.69, 9.17) is 4.74 Å². The predicted octanol–water partition coefficient (Wildman–Crippen LogP) is 2.85. The third-order valence-corrected chi connectivity index (χ3v) is 3.49. The second-order valence-corrected chi connectivity index (χ2v) is 5.24. The highest BCUT2D eigenvalue weighted by Gasteiger charge is 2.26. The maximum absolute atomic E-state index is 12.2. The fourth-order valence-electron chi connectivity index (χ4n) is 2.19. The van der Waals surface area contributed by atoms with Gasteiger partial charge in [-0.25, -0.2) is 4.79 Å². The number of non-ortho nitro benzene ring substituents is 2. The lowest BCUT2D eigenvalue weighted by atomic mass is 10.1. The Labute approximate surface area is 153 Å². The number of esters is 1. The average molecular weight is 392 g/mol. The Kier molecular flexibility index (Phi) is 5.24.